The molecule has 0 aliphatic rings. The van der Waals surface area contributed by atoms with E-state index in [1.165, 1.54) is 5.56 Å². The monoisotopic (exact) mass is 283 g/mol. The first kappa shape index (κ1) is 15.1. The summed E-state index contributed by atoms with van der Waals surface area (Å²) in [6.45, 7) is 3.18. The summed E-state index contributed by atoms with van der Waals surface area (Å²) in [4.78, 5) is 11.9. The third-order valence-electron chi connectivity index (χ3n) is 3.38. The van der Waals surface area contributed by atoms with E-state index in [4.69, 9.17) is 5.73 Å². The van der Waals surface area contributed by atoms with Crippen molar-refractivity contribution >= 4 is 11.7 Å². The molecule has 0 fully saturated rings. The normalized spacial score (nSPS) is 11.7. The van der Waals surface area contributed by atoms with Gasteiger partial charge in [-0.05, 0) is 29.2 Å². The van der Waals surface area contributed by atoms with Crippen LogP contribution in [0, 0.1) is 0 Å². The van der Waals surface area contributed by atoms with Crippen LogP contribution in [0.1, 0.15) is 24.0 Å². The second-order valence-electron chi connectivity index (χ2n) is 5.05. The number of hydrogen-bond acceptors (Lipinski definition) is 2. The summed E-state index contributed by atoms with van der Waals surface area (Å²) >= 11 is 0. The molecule has 110 valence electrons. The van der Waals surface area contributed by atoms with E-state index in [0.29, 0.717) is 13.1 Å². The average Bonchev–Trinajstić information content (AvgIpc) is 2.54. The second-order valence-corrected chi connectivity index (χ2v) is 5.05. The van der Waals surface area contributed by atoms with Crippen molar-refractivity contribution in [1.82, 2.24) is 5.32 Å². The van der Waals surface area contributed by atoms with Crippen molar-refractivity contribution in [2.75, 3.05) is 11.9 Å². The smallest absolute Gasteiger partial charge is 0.319 e. The van der Waals surface area contributed by atoms with Gasteiger partial charge in [0.1, 0.15) is 0 Å². The Hall–Kier alpha value is -2.33. The van der Waals surface area contributed by atoms with Crippen LogP contribution in [-0.2, 0) is 6.54 Å². The second kappa shape index (κ2) is 7.45. The molecule has 0 radical (unpaired) electrons. The summed E-state index contributed by atoms with van der Waals surface area (Å²) in [6.07, 6.45) is 0. The lowest BCUT2D eigenvalue weighted by Crippen LogP contribution is -2.31. The van der Waals surface area contributed by atoms with Crippen molar-refractivity contribution in [3.63, 3.8) is 0 Å². The van der Waals surface area contributed by atoms with Gasteiger partial charge in [0.25, 0.3) is 0 Å². The maximum atomic E-state index is 11.9. The van der Waals surface area contributed by atoms with Gasteiger partial charge in [-0.2, -0.15) is 0 Å². The summed E-state index contributed by atoms with van der Waals surface area (Å²) in [5, 5.41) is 5.69. The number of rotatable bonds is 5. The Labute approximate surface area is 125 Å². The fourth-order valence-corrected chi connectivity index (χ4v) is 2.04. The highest BCUT2D eigenvalue weighted by Crippen LogP contribution is 2.13. The van der Waals surface area contributed by atoms with E-state index in [2.05, 4.69) is 29.7 Å². The van der Waals surface area contributed by atoms with Gasteiger partial charge in [0, 0.05) is 18.8 Å². The summed E-state index contributed by atoms with van der Waals surface area (Å²) in [5.41, 5.74) is 8.55. The van der Waals surface area contributed by atoms with Crippen LogP contribution in [0.5, 0.6) is 0 Å². The predicted molar refractivity (Wildman–Crippen MR) is 86.2 cm³/mol. The molecule has 2 rings (SSSR count). The summed E-state index contributed by atoms with van der Waals surface area (Å²) in [7, 11) is 0. The van der Waals surface area contributed by atoms with Gasteiger partial charge < -0.3 is 16.4 Å². The van der Waals surface area contributed by atoms with Crippen molar-refractivity contribution in [3.8, 4) is 0 Å². The zero-order chi connectivity index (χ0) is 15.1. The molecule has 4 N–H and O–H groups in total. The minimum atomic E-state index is -0.196. The molecule has 4 heteroatoms. The van der Waals surface area contributed by atoms with E-state index in [1.54, 1.807) is 0 Å². The third kappa shape index (κ3) is 4.61. The minimum absolute atomic E-state index is 0.196. The maximum Gasteiger partial charge on any atom is 0.319 e. The molecule has 0 saturated heterocycles. The lowest BCUT2D eigenvalue weighted by molar-refractivity contribution is 0.251. The number of anilines is 1. The topological polar surface area (TPSA) is 67.2 Å². The fourth-order valence-electron chi connectivity index (χ4n) is 2.04. The number of nitrogens with two attached hydrogens (primary N) is 1. The van der Waals surface area contributed by atoms with E-state index in [9.17, 15) is 4.79 Å². The van der Waals surface area contributed by atoms with E-state index in [-0.39, 0.29) is 11.9 Å². The first-order valence-corrected chi connectivity index (χ1v) is 7.08. The van der Waals surface area contributed by atoms with E-state index in [1.807, 2.05) is 42.5 Å². The Morgan fingerprint density at radius 3 is 2.38 bits per heavy atom. The van der Waals surface area contributed by atoms with Crippen molar-refractivity contribution in [1.29, 1.82) is 0 Å². The first-order valence-electron chi connectivity index (χ1n) is 7.08. The number of hydrogen-bond donors (Lipinski definition) is 3. The maximum absolute atomic E-state index is 11.9. The molecule has 1 unspecified atom stereocenters. The highest BCUT2D eigenvalue weighted by Gasteiger charge is 2.07. The van der Waals surface area contributed by atoms with Gasteiger partial charge in [-0.25, -0.2) is 4.79 Å². The average molecular weight is 283 g/mol. The molecule has 21 heavy (non-hydrogen) atoms. The molecule has 2 aromatic carbocycles. The standard InChI is InChI=1S/C17H21N3O/c1-13(15-5-3-2-4-6-15)12-19-17(21)20-16-9-7-14(11-18)8-10-16/h2-10,13H,11-12,18H2,1H3,(H2,19,20,21). The fraction of sp³-hybridized carbons (Fsp3) is 0.235. The molecule has 0 aliphatic heterocycles. The Balaban J connectivity index is 1.81. The molecule has 2 aromatic rings. The van der Waals surface area contributed by atoms with E-state index >= 15 is 0 Å². The van der Waals surface area contributed by atoms with Crippen LogP contribution in [0.25, 0.3) is 0 Å². The van der Waals surface area contributed by atoms with Crippen LogP contribution in [0.15, 0.2) is 54.6 Å². The molecule has 2 amide bonds. The summed E-state index contributed by atoms with van der Waals surface area (Å²) < 4.78 is 0. The van der Waals surface area contributed by atoms with Crippen molar-refractivity contribution in [2.45, 2.75) is 19.4 Å². The van der Waals surface area contributed by atoms with Crippen LogP contribution in [-0.4, -0.2) is 12.6 Å². The molecule has 0 bridgehead atoms. The molecule has 0 heterocycles. The molecule has 1 atom stereocenters. The Morgan fingerprint density at radius 1 is 1.10 bits per heavy atom. The molecule has 4 nitrogen and oxygen atoms in total. The number of carbonyl (C=O) groups excluding carboxylic acids is 1. The molecular weight excluding hydrogens is 262 g/mol. The van der Waals surface area contributed by atoms with Gasteiger partial charge >= 0.3 is 6.03 Å². The van der Waals surface area contributed by atoms with Gasteiger partial charge in [-0.15, -0.1) is 0 Å². The largest absolute Gasteiger partial charge is 0.337 e. The zero-order valence-corrected chi connectivity index (χ0v) is 12.2. The van der Waals surface area contributed by atoms with E-state index in [0.717, 1.165) is 11.3 Å². The number of amides is 2. The van der Waals surface area contributed by atoms with Gasteiger partial charge in [-0.1, -0.05) is 49.4 Å². The van der Waals surface area contributed by atoms with Gasteiger partial charge in [0.15, 0.2) is 0 Å². The number of nitrogens with one attached hydrogen (secondary N) is 2. The first-order chi connectivity index (χ1) is 10.2. The van der Waals surface area contributed by atoms with Crippen LogP contribution in [0.2, 0.25) is 0 Å². The van der Waals surface area contributed by atoms with Crippen LogP contribution >= 0.6 is 0 Å². The van der Waals surface area contributed by atoms with E-state index < -0.39 is 0 Å². The van der Waals surface area contributed by atoms with Crippen LogP contribution < -0.4 is 16.4 Å². The SMILES string of the molecule is CC(CNC(=O)Nc1ccc(CN)cc1)c1ccccc1. The van der Waals surface area contributed by atoms with Gasteiger partial charge in [0.2, 0.25) is 0 Å². The molecule has 0 aromatic heterocycles. The Bertz CT molecular complexity index is 566. The molecule has 0 saturated carbocycles. The lowest BCUT2D eigenvalue weighted by Gasteiger charge is -2.13. The Kier molecular flexibility index (Phi) is 5.35. The quantitative estimate of drug-likeness (QED) is 0.789. The molecule has 0 aliphatic carbocycles. The van der Waals surface area contributed by atoms with Crippen molar-refractivity contribution in [3.05, 3.63) is 65.7 Å². The van der Waals surface area contributed by atoms with Crippen LogP contribution in [0.4, 0.5) is 10.5 Å². The summed E-state index contributed by atoms with van der Waals surface area (Å²) in [5.74, 6) is 0.275. The number of benzene rings is 2. The van der Waals surface area contributed by atoms with Crippen LogP contribution in [0.3, 0.4) is 0 Å². The lowest BCUT2D eigenvalue weighted by atomic mass is 10.0. The van der Waals surface area contributed by atoms with Crippen molar-refractivity contribution in [2.24, 2.45) is 5.73 Å². The minimum Gasteiger partial charge on any atom is -0.337 e. The Morgan fingerprint density at radius 2 is 1.76 bits per heavy atom. The van der Waals surface area contributed by atoms with Gasteiger partial charge in [-0.3, -0.25) is 0 Å². The molecule has 0 spiro atoms. The predicted octanol–water partition coefficient (Wildman–Crippen LogP) is 3.07. The highest BCUT2D eigenvalue weighted by atomic mass is 16.2. The highest BCUT2D eigenvalue weighted by molar-refractivity contribution is 5.89. The van der Waals surface area contributed by atoms with Gasteiger partial charge in [0.05, 0.1) is 0 Å². The third-order valence-corrected chi connectivity index (χ3v) is 3.38. The zero-order valence-electron chi connectivity index (χ0n) is 12.2. The number of urea groups is 1. The molecular formula is C17H21N3O. The summed E-state index contributed by atoms with van der Waals surface area (Å²) in [6, 6.07) is 17.4. The van der Waals surface area contributed by atoms with Crippen molar-refractivity contribution < 1.29 is 4.79 Å². The number of carbonyl (C=O) groups is 1.